The van der Waals surface area contributed by atoms with Gasteiger partial charge in [-0.1, -0.05) is 55.8 Å². The molecule has 0 amide bonds. The van der Waals surface area contributed by atoms with Crippen LogP contribution in [0.15, 0.2) is 97.5 Å². The van der Waals surface area contributed by atoms with Crippen molar-refractivity contribution in [1.29, 1.82) is 0 Å². The van der Waals surface area contributed by atoms with Gasteiger partial charge >= 0.3 is 0 Å². The molecule has 0 unspecified atom stereocenters. The largest absolute Gasteiger partial charge is 0.304 e. The van der Waals surface area contributed by atoms with Crippen molar-refractivity contribution in [2.45, 2.75) is 20.8 Å². The molecule has 0 spiro atoms. The van der Waals surface area contributed by atoms with Gasteiger partial charge < -0.3 is 4.98 Å². The van der Waals surface area contributed by atoms with Crippen LogP contribution in [0.25, 0.3) is 33.8 Å². The zero-order valence-electron chi connectivity index (χ0n) is 19.4. The van der Waals surface area contributed by atoms with Crippen LogP contribution in [0.1, 0.15) is 16.7 Å². The molecular formula is C30H25IrN3-2. The topological polar surface area (TPSA) is 38.7 Å². The zero-order valence-corrected chi connectivity index (χ0v) is 21.8. The van der Waals surface area contributed by atoms with Gasteiger partial charge in [0.05, 0.1) is 5.82 Å². The predicted octanol–water partition coefficient (Wildman–Crippen LogP) is 7.08. The summed E-state index contributed by atoms with van der Waals surface area (Å²) in [4.78, 5) is 12.9. The van der Waals surface area contributed by atoms with Crippen LogP contribution >= 0.6 is 0 Å². The Balaban J connectivity index is 0.000000188. The second kappa shape index (κ2) is 12.1. The number of aromatic nitrogens is 3. The average Bonchev–Trinajstić information content (AvgIpc) is 2.88. The number of hydrogen-bond donors (Lipinski definition) is 0. The molecule has 0 saturated carbocycles. The van der Waals surface area contributed by atoms with E-state index in [2.05, 4.69) is 78.2 Å². The fraction of sp³-hybridized carbons (Fsp3) is 0.100. The minimum Gasteiger partial charge on any atom is -0.304 e. The maximum Gasteiger partial charge on any atom is 0.0748 e. The monoisotopic (exact) mass is 620 g/mol. The van der Waals surface area contributed by atoms with Crippen LogP contribution in [0.3, 0.4) is 0 Å². The van der Waals surface area contributed by atoms with Gasteiger partial charge in [0.2, 0.25) is 0 Å². The molecule has 0 N–H and O–H groups in total. The van der Waals surface area contributed by atoms with E-state index < -0.39 is 0 Å². The number of aryl methyl sites for hydroxylation is 3. The third-order valence-corrected chi connectivity index (χ3v) is 5.41. The van der Waals surface area contributed by atoms with Crippen LogP contribution < -0.4 is 0 Å². The minimum atomic E-state index is 0. The Bertz CT molecular complexity index is 1280. The van der Waals surface area contributed by atoms with E-state index >= 15 is 0 Å². The molecule has 5 aromatic rings. The number of hydrogen-bond acceptors (Lipinski definition) is 3. The van der Waals surface area contributed by atoms with Crippen LogP contribution in [-0.4, -0.2) is 15.0 Å². The Morgan fingerprint density at radius 3 is 2.03 bits per heavy atom. The van der Waals surface area contributed by atoms with Crippen LogP contribution in [0, 0.1) is 32.9 Å². The second-order valence-electron chi connectivity index (χ2n) is 7.81. The van der Waals surface area contributed by atoms with Crippen LogP contribution in [0.4, 0.5) is 0 Å². The van der Waals surface area contributed by atoms with Gasteiger partial charge in [-0.15, -0.1) is 70.3 Å². The van der Waals surface area contributed by atoms with E-state index in [0.717, 1.165) is 22.4 Å². The van der Waals surface area contributed by atoms with Gasteiger partial charge in [0.15, 0.2) is 0 Å². The van der Waals surface area contributed by atoms with E-state index in [4.69, 9.17) is 0 Å². The molecule has 0 fully saturated rings. The average molecular weight is 620 g/mol. The van der Waals surface area contributed by atoms with Crippen molar-refractivity contribution in [1.82, 2.24) is 15.0 Å². The van der Waals surface area contributed by atoms with Gasteiger partial charge in [-0.25, -0.2) is 0 Å². The first kappa shape index (κ1) is 25.2. The Morgan fingerprint density at radius 1 is 0.588 bits per heavy atom. The van der Waals surface area contributed by atoms with Gasteiger partial charge in [0.25, 0.3) is 0 Å². The minimum absolute atomic E-state index is 0. The number of benzene rings is 3. The Hall–Kier alpha value is -3.46. The maximum atomic E-state index is 4.39. The molecule has 0 aliphatic carbocycles. The van der Waals surface area contributed by atoms with E-state index in [1.54, 1.807) is 12.4 Å². The van der Waals surface area contributed by atoms with Crippen LogP contribution in [-0.2, 0) is 20.1 Å². The molecular weight excluding hydrogens is 595 g/mol. The summed E-state index contributed by atoms with van der Waals surface area (Å²) in [6.45, 7) is 6.29. The molecule has 5 rings (SSSR count). The Morgan fingerprint density at radius 2 is 1.32 bits per heavy atom. The third kappa shape index (κ3) is 6.32. The summed E-state index contributed by atoms with van der Waals surface area (Å²) in [6, 6.07) is 32.7. The van der Waals surface area contributed by atoms with Crippen molar-refractivity contribution in [3.05, 3.63) is 126 Å². The predicted molar refractivity (Wildman–Crippen MR) is 134 cm³/mol. The Labute approximate surface area is 215 Å². The quantitative estimate of drug-likeness (QED) is 0.203. The smallest absolute Gasteiger partial charge is 0.0748 e. The summed E-state index contributed by atoms with van der Waals surface area (Å²) < 4.78 is 0. The molecule has 0 aliphatic heterocycles. The normalized spacial score (nSPS) is 9.97. The molecule has 0 aliphatic rings. The Kier molecular flexibility index (Phi) is 8.98. The second-order valence-corrected chi connectivity index (χ2v) is 7.81. The van der Waals surface area contributed by atoms with E-state index in [-0.39, 0.29) is 20.1 Å². The van der Waals surface area contributed by atoms with Gasteiger partial charge in [-0.3, -0.25) is 9.97 Å². The van der Waals surface area contributed by atoms with Crippen LogP contribution in [0.2, 0.25) is 0 Å². The van der Waals surface area contributed by atoms with Crippen LogP contribution in [0.5, 0.6) is 0 Å². The summed E-state index contributed by atoms with van der Waals surface area (Å²) >= 11 is 0. The van der Waals surface area contributed by atoms with E-state index in [0.29, 0.717) is 5.82 Å². The van der Waals surface area contributed by atoms with Gasteiger partial charge in [-0.05, 0) is 30.3 Å². The molecule has 2 heterocycles. The molecule has 1 radical (unpaired) electrons. The molecule has 3 aromatic carbocycles. The van der Waals surface area contributed by atoms with Crippen molar-refractivity contribution in [3.8, 4) is 33.8 Å². The van der Waals surface area contributed by atoms with Gasteiger partial charge in [0.1, 0.15) is 0 Å². The number of rotatable bonds is 3. The molecule has 0 bridgehead atoms. The fourth-order valence-corrected chi connectivity index (χ4v) is 3.42. The fourth-order valence-electron chi connectivity index (χ4n) is 3.42. The molecule has 0 atom stereocenters. The molecule has 171 valence electrons. The summed E-state index contributed by atoms with van der Waals surface area (Å²) in [5, 5.41) is 0. The summed E-state index contributed by atoms with van der Waals surface area (Å²) in [7, 11) is 0. The number of nitrogens with zero attached hydrogens (tertiary/aromatic N) is 3. The zero-order chi connectivity index (χ0) is 23.0. The van der Waals surface area contributed by atoms with Crippen molar-refractivity contribution in [2.24, 2.45) is 0 Å². The molecule has 3 nitrogen and oxygen atoms in total. The molecule has 0 saturated heterocycles. The van der Waals surface area contributed by atoms with Gasteiger partial charge in [-0.2, -0.15) is 0 Å². The first-order valence-electron chi connectivity index (χ1n) is 10.9. The first-order valence-corrected chi connectivity index (χ1v) is 10.9. The molecule has 34 heavy (non-hydrogen) atoms. The summed E-state index contributed by atoms with van der Waals surface area (Å²) in [6.07, 6.45) is 5.31. The summed E-state index contributed by atoms with van der Waals surface area (Å²) in [5.74, 6) is 0.704. The standard InChI is InChI=1S/C16H11N2.C14H14N.Ir/c1-2-6-13(7-3-1)14-8-4-9-15(12-14)16-17-10-5-11-18-16;1-10-6-7-13(9-12(10)3)14-11(2)5-4-8-15-14;/h1-8,10-12H;4-6,8-9H,1-3H3;/q2*-1;. The maximum absolute atomic E-state index is 4.39. The van der Waals surface area contributed by atoms with E-state index in [1.165, 1.54) is 22.3 Å². The first-order chi connectivity index (χ1) is 16.1. The van der Waals surface area contributed by atoms with Crippen molar-refractivity contribution in [3.63, 3.8) is 0 Å². The number of pyridine rings is 1. The van der Waals surface area contributed by atoms with Crippen molar-refractivity contribution < 1.29 is 20.1 Å². The van der Waals surface area contributed by atoms with Crippen molar-refractivity contribution in [2.75, 3.05) is 0 Å². The van der Waals surface area contributed by atoms with Gasteiger partial charge in [0, 0.05) is 38.7 Å². The van der Waals surface area contributed by atoms with Crippen molar-refractivity contribution >= 4 is 0 Å². The van der Waals surface area contributed by atoms with E-state index in [9.17, 15) is 0 Å². The molecule has 4 heteroatoms. The molecule has 2 aromatic heterocycles. The van der Waals surface area contributed by atoms with E-state index in [1.807, 2.05) is 54.7 Å². The SMILES string of the molecule is Cc1c[c-]c(-c2ncccc2C)cc1C.[Ir].[c-]1ccc(-c2ccccc2)cc1-c1ncccn1. The summed E-state index contributed by atoms with van der Waals surface area (Å²) in [5.41, 5.74) is 9.10. The third-order valence-electron chi connectivity index (χ3n) is 5.41.